The van der Waals surface area contributed by atoms with E-state index in [2.05, 4.69) is 27.9 Å². The Morgan fingerprint density at radius 1 is 1.05 bits per heavy atom. The Morgan fingerprint density at radius 2 is 1.76 bits per heavy atom. The van der Waals surface area contributed by atoms with Crippen LogP contribution >= 0.6 is 22.6 Å². The average molecular weight is 395 g/mol. The number of nitrogens with one attached hydrogen (secondary N) is 1. The number of rotatable bonds is 5. The Morgan fingerprint density at radius 3 is 2.43 bits per heavy atom. The summed E-state index contributed by atoms with van der Waals surface area (Å²) in [7, 11) is 0. The predicted octanol–water partition coefficient (Wildman–Crippen LogP) is 2.96. The number of benzene rings is 2. The highest BCUT2D eigenvalue weighted by molar-refractivity contribution is 14.1. The van der Waals surface area contributed by atoms with Crippen molar-refractivity contribution in [1.82, 2.24) is 5.32 Å². The molecule has 0 aromatic heterocycles. The maximum atomic E-state index is 11.9. The highest BCUT2D eigenvalue weighted by Crippen LogP contribution is 2.08. The van der Waals surface area contributed by atoms with E-state index >= 15 is 0 Å². The number of aromatic carboxylic acids is 1. The number of carboxylic acids is 1. The predicted molar refractivity (Wildman–Crippen MR) is 88.6 cm³/mol. The van der Waals surface area contributed by atoms with Gasteiger partial charge in [0.05, 0.1) is 5.56 Å². The first-order valence-corrected chi connectivity index (χ1v) is 7.50. The monoisotopic (exact) mass is 395 g/mol. The Balaban J connectivity index is 1.89. The van der Waals surface area contributed by atoms with Crippen LogP contribution in [0.2, 0.25) is 0 Å². The summed E-state index contributed by atoms with van der Waals surface area (Å²) in [5, 5.41) is 11.8. The van der Waals surface area contributed by atoms with Crippen molar-refractivity contribution in [2.75, 3.05) is 6.54 Å². The van der Waals surface area contributed by atoms with Gasteiger partial charge in [0.25, 0.3) is 5.91 Å². The molecule has 0 bridgehead atoms. The molecule has 2 aromatic carbocycles. The minimum Gasteiger partial charge on any atom is -0.478 e. The minimum absolute atomic E-state index is 0.124. The van der Waals surface area contributed by atoms with Gasteiger partial charge in [0, 0.05) is 15.7 Å². The van der Waals surface area contributed by atoms with E-state index in [4.69, 9.17) is 5.11 Å². The quantitative estimate of drug-likeness (QED) is 0.766. The van der Waals surface area contributed by atoms with Crippen LogP contribution in [-0.4, -0.2) is 23.5 Å². The number of halogens is 1. The highest BCUT2D eigenvalue weighted by atomic mass is 127. The van der Waals surface area contributed by atoms with Crippen molar-refractivity contribution in [2.24, 2.45) is 0 Å². The number of carbonyl (C=O) groups excluding carboxylic acids is 1. The van der Waals surface area contributed by atoms with Gasteiger partial charge in [-0.05, 0) is 71.0 Å². The molecule has 1 amide bonds. The smallest absolute Gasteiger partial charge is 0.335 e. The van der Waals surface area contributed by atoms with Crippen LogP contribution < -0.4 is 5.32 Å². The summed E-state index contributed by atoms with van der Waals surface area (Å²) in [5.41, 5.74) is 1.77. The van der Waals surface area contributed by atoms with Crippen molar-refractivity contribution in [3.8, 4) is 0 Å². The fourth-order valence-corrected chi connectivity index (χ4v) is 2.24. The molecule has 4 nitrogen and oxygen atoms in total. The second kappa shape index (κ2) is 7.21. The van der Waals surface area contributed by atoms with Gasteiger partial charge in [-0.3, -0.25) is 4.79 Å². The molecule has 5 heteroatoms. The van der Waals surface area contributed by atoms with E-state index in [1.54, 1.807) is 30.3 Å². The Labute approximate surface area is 136 Å². The molecule has 21 heavy (non-hydrogen) atoms. The van der Waals surface area contributed by atoms with Crippen LogP contribution in [0.15, 0.2) is 48.5 Å². The molecule has 0 saturated heterocycles. The van der Waals surface area contributed by atoms with Crippen LogP contribution in [0, 0.1) is 3.57 Å². The maximum absolute atomic E-state index is 11.9. The fourth-order valence-electron chi connectivity index (χ4n) is 1.88. The van der Waals surface area contributed by atoms with Gasteiger partial charge in [-0.25, -0.2) is 4.79 Å². The second-order valence-corrected chi connectivity index (χ2v) is 5.76. The molecule has 0 heterocycles. The molecular formula is C16H14INO3. The first kappa shape index (κ1) is 15.5. The molecule has 0 unspecified atom stereocenters. The third-order valence-corrected chi connectivity index (χ3v) is 3.70. The zero-order valence-corrected chi connectivity index (χ0v) is 13.3. The maximum Gasteiger partial charge on any atom is 0.335 e. The summed E-state index contributed by atoms with van der Waals surface area (Å²) in [6, 6.07) is 14.1. The van der Waals surface area contributed by atoms with Crippen LogP contribution in [0.4, 0.5) is 0 Å². The van der Waals surface area contributed by atoms with E-state index in [1.165, 1.54) is 0 Å². The molecule has 0 saturated carbocycles. The van der Waals surface area contributed by atoms with Crippen molar-refractivity contribution >= 4 is 34.5 Å². The molecule has 0 atom stereocenters. The molecule has 108 valence electrons. The number of amides is 1. The third-order valence-electron chi connectivity index (χ3n) is 2.98. The largest absolute Gasteiger partial charge is 0.478 e. The van der Waals surface area contributed by atoms with Gasteiger partial charge < -0.3 is 10.4 Å². The van der Waals surface area contributed by atoms with E-state index in [9.17, 15) is 9.59 Å². The molecule has 0 radical (unpaired) electrons. The van der Waals surface area contributed by atoms with Crippen LogP contribution in [0.5, 0.6) is 0 Å². The second-order valence-electron chi connectivity index (χ2n) is 4.52. The first-order valence-electron chi connectivity index (χ1n) is 6.42. The summed E-state index contributed by atoms with van der Waals surface area (Å²) in [6.07, 6.45) is 0.594. The molecule has 0 aliphatic heterocycles. The lowest BCUT2D eigenvalue weighted by Crippen LogP contribution is -2.25. The lowest BCUT2D eigenvalue weighted by molar-refractivity contribution is 0.0696. The highest BCUT2D eigenvalue weighted by Gasteiger charge is 2.06. The van der Waals surface area contributed by atoms with E-state index in [-0.39, 0.29) is 11.5 Å². The van der Waals surface area contributed by atoms with Gasteiger partial charge >= 0.3 is 5.97 Å². The van der Waals surface area contributed by atoms with Crippen molar-refractivity contribution in [1.29, 1.82) is 0 Å². The molecule has 2 N–H and O–H groups in total. The number of carbonyl (C=O) groups is 2. The minimum atomic E-state index is -0.945. The van der Waals surface area contributed by atoms with Crippen LogP contribution in [0.3, 0.4) is 0 Å². The van der Waals surface area contributed by atoms with Gasteiger partial charge in [-0.15, -0.1) is 0 Å². The van der Waals surface area contributed by atoms with E-state index in [1.807, 2.05) is 18.2 Å². The van der Waals surface area contributed by atoms with Crippen molar-refractivity contribution in [2.45, 2.75) is 6.42 Å². The van der Waals surface area contributed by atoms with Crippen LogP contribution in [0.25, 0.3) is 0 Å². The molecule has 0 aliphatic rings. The zero-order chi connectivity index (χ0) is 15.2. The van der Waals surface area contributed by atoms with Crippen molar-refractivity contribution in [3.63, 3.8) is 0 Å². The van der Waals surface area contributed by atoms with Gasteiger partial charge in [-0.1, -0.05) is 12.1 Å². The van der Waals surface area contributed by atoms with Crippen LogP contribution in [-0.2, 0) is 6.42 Å². The van der Waals surface area contributed by atoms with Crippen molar-refractivity contribution in [3.05, 3.63) is 68.8 Å². The molecule has 0 aliphatic carbocycles. The number of hydrogen-bond acceptors (Lipinski definition) is 2. The summed E-state index contributed by atoms with van der Waals surface area (Å²) in [5.74, 6) is -1.07. The van der Waals surface area contributed by atoms with E-state index in [0.29, 0.717) is 18.5 Å². The first-order chi connectivity index (χ1) is 10.1. The average Bonchev–Trinajstić information content (AvgIpc) is 2.48. The van der Waals surface area contributed by atoms with Gasteiger partial charge in [0.15, 0.2) is 0 Å². The van der Waals surface area contributed by atoms with Crippen molar-refractivity contribution < 1.29 is 14.7 Å². The topological polar surface area (TPSA) is 66.4 Å². The number of hydrogen-bond donors (Lipinski definition) is 2. The van der Waals surface area contributed by atoms with Gasteiger partial charge in [-0.2, -0.15) is 0 Å². The SMILES string of the molecule is O=C(O)c1cccc(CCNC(=O)c2ccc(I)cc2)c1. The summed E-state index contributed by atoms with van der Waals surface area (Å²) in [6.45, 7) is 0.466. The van der Waals surface area contributed by atoms with E-state index < -0.39 is 5.97 Å². The Kier molecular flexibility index (Phi) is 5.32. The van der Waals surface area contributed by atoms with Crippen LogP contribution in [0.1, 0.15) is 26.3 Å². The fraction of sp³-hybridized carbons (Fsp3) is 0.125. The van der Waals surface area contributed by atoms with Gasteiger partial charge in [0.2, 0.25) is 0 Å². The zero-order valence-electron chi connectivity index (χ0n) is 11.2. The molecular weight excluding hydrogens is 381 g/mol. The number of carboxylic acid groups (broad SMARTS) is 1. The Bertz CT molecular complexity index is 653. The standard InChI is InChI=1S/C16H14INO3/c17-14-6-4-12(5-7-14)15(19)18-9-8-11-2-1-3-13(10-11)16(20)21/h1-7,10H,8-9H2,(H,18,19)(H,20,21). The summed E-state index contributed by atoms with van der Waals surface area (Å²) < 4.78 is 1.08. The molecule has 2 aromatic rings. The third kappa shape index (κ3) is 4.56. The summed E-state index contributed by atoms with van der Waals surface area (Å²) >= 11 is 2.18. The molecule has 0 spiro atoms. The van der Waals surface area contributed by atoms with E-state index in [0.717, 1.165) is 9.13 Å². The summed E-state index contributed by atoms with van der Waals surface area (Å²) in [4.78, 5) is 22.8. The lowest BCUT2D eigenvalue weighted by Gasteiger charge is -2.06. The molecule has 0 fully saturated rings. The molecule has 2 rings (SSSR count). The Hall–Kier alpha value is -1.89. The normalized spacial score (nSPS) is 10.1. The lowest BCUT2D eigenvalue weighted by atomic mass is 10.1. The van der Waals surface area contributed by atoms with Gasteiger partial charge in [0.1, 0.15) is 0 Å².